The molecular weight excluding hydrogens is 380 g/mol. The minimum absolute atomic E-state index is 0.110. The highest BCUT2D eigenvalue weighted by molar-refractivity contribution is 7.90. The number of carbonyl (C=O) groups is 1. The number of aromatic nitrogens is 2. The SMILES string of the molecule is O=C(c1ccncc1)N1C[C@H]2C[C@H]3[C@](C1)(CN(Cc1ccncc1)S3(=O)=O)O2. The Morgan fingerprint density at radius 2 is 1.79 bits per heavy atom. The van der Waals surface area contributed by atoms with E-state index in [0.29, 0.717) is 18.5 Å². The average molecular weight is 400 g/mol. The maximum absolute atomic E-state index is 13.2. The first-order valence-corrected chi connectivity index (χ1v) is 10.7. The van der Waals surface area contributed by atoms with Crippen molar-refractivity contribution < 1.29 is 17.9 Å². The second-order valence-corrected chi connectivity index (χ2v) is 9.73. The molecule has 0 N–H and O–H groups in total. The van der Waals surface area contributed by atoms with Crippen molar-refractivity contribution in [1.82, 2.24) is 19.2 Å². The van der Waals surface area contributed by atoms with E-state index < -0.39 is 20.9 Å². The van der Waals surface area contributed by atoms with Crippen LogP contribution in [0.2, 0.25) is 0 Å². The summed E-state index contributed by atoms with van der Waals surface area (Å²) in [4.78, 5) is 22.6. The van der Waals surface area contributed by atoms with Gasteiger partial charge in [0.2, 0.25) is 10.0 Å². The van der Waals surface area contributed by atoms with E-state index in [0.717, 1.165) is 5.56 Å². The molecule has 1 amide bonds. The first kappa shape index (κ1) is 17.7. The van der Waals surface area contributed by atoms with Crippen molar-refractivity contribution in [2.24, 2.45) is 0 Å². The van der Waals surface area contributed by atoms with E-state index in [1.165, 1.54) is 4.31 Å². The smallest absolute Gasteiger partial charge is 0.254 e. The van der Waals surface area contributed by atoms with Gasteiger partial charge in [-0.05, 0) is 36.2 Å². The number of fused-ring (bicyclic) bond motifs is 1. The van der Waals surface area contributed by atoms with Gasteiger partial charge in [-0.1, -0.05) is 0 Å². The van der Waals surface area contributed by atoms with Gasteiger partial charge >= 0.3 is 0 Å². The van der Waals surface area contributed by atoms with Crippen LogP contribution in [0.15, 0.2) is 49.1 Å². The van der Waals surface area contributed by atoms with E-state index in [1.807, 2.05) is 12.1 Å². The molecule has 3 saturated heterocycles. The van der Waals surface area contributed by atoms with E-state index in [-0.39, 0.29) is 31.6 Å². The second-order valence-electron chi connectivity index (χ2n) is 7.62. The number of nitrogens with zero attached hydrogens (tertiary/aromatic N) is 4. The van der Waals surface area contributed by atoms with E-state index in [2.05, 4.69) is 9.97 Å². The number of rotatable bonds is 3. The van der Waals surface area contributed by atoms with Crippen LogP contribution >= 0.6 is 0 Å². The Morgan fingerprint density at radius 3 is 2.50 bits per heavy atom. The highest BCUT2D eigenvalue weighted by Gasteiger charge is 2.65. The number of sulfonamides is 1. The summed E-state index contributed by atoms with van der Waals surface area (Å²) in [7, 11) is -3.50. The van der Waals surface area contributed by atoms with Crippen LogP contribution in [0.3, 0.4) is 0 Å². The topological polar surface area (TPSA) is 92.7 Å². The van der Waals surface area contributed by atoms with Crippen LogP contribution in [-0.4, -0.2) is 70.1 Å². The molecule has 0 aliphatic carbocycles. The van der Waals surface area contributed by atoms with Crippen molar-refractivity contribution >= 4 is 15.9 Å². The zero-order valence-corrected chi connectivity index (χ0v) is 16.0. The predicted octanol–water partition coefficient (Wildman–Crippen LogP) is 0.674. The Morgan fingerprint density at radius 1 is 1.11 bits per heavy atom. The van der Waals surface area contributed by atoms with E-state index in [9.17, 15) is 13.2 Å². The molecule has 0 aromatic carbocycles. The Hall–Kier alpha value is -2.36. The molecule has 0 unspecified atom stereocenters. The molecule has 1 spiro atoms. The van der Waals surface area contributed by atoms with Gasteiger partial charge < -0.3 is 9.64 Å². The minimum atomic E-state index is -3.50. The van der Waals surface area contributed by atoms with Crippen LogP contribution in [0.4, 0.5) is 0 Å². The van der Waals surface area contributed by atoms with Crippen LogP contribution in [0, 0.1) is 0 Å². The number of hydrogen-bond donors (Lipinski definition) is 0. The molecule has 0 saturated carbocycles. The summed E-state index contributed by atoms with van der Waals surface area (Å²) in [6.45, 7) is 1.25. The lowest BCUT2D eigenvalue weighted by Crippen LogP contribution is -2.56. The fourth-order valence-electron chi connectivity index (χ4n) is 4.61. The van der Waals surface area contributed by atoms with Gasteiger partial charge in [-0.15, -0.1) is 0 Å². The summed E-state index contributed by atoms with van der Waals surface area (Å²) in [5.41, 5.74) is 0.572. The van der Waals surface area contributed by atoms with E-state index in [4.69, 9.17) is 4.74 Å². The number of carbonyl (C=O) groups excluding carboxylic acids is 1. The number of morpholine rings is 1. The van der Waals surface area contributed by atoms with Gasteiger partial charge in [-0.3, -0.25) is 14.8 Å². The maximum Gasteiger partial charge on any atom is 0.254 e. The molecule has 3 fully saturated rings. The molecule has 3 aliphatic heterocycles. The van der Waals surface area contributed by atoms with Gasteiger partial charge in [0.15, 0.2) is 0 Å². The molecule has 3 aliphatic rings. The minimum Gasteiger partial charge on any atom is -0.365 e. The van der Waals surface area contributed by atoms with Gasteiger partial charge in [0.25, 0.3) is 5.91 Å². The van der Waals surface area contributed by atoms with Crippen LogP contribution in [-0.2, 0) is 21.3 Å². The van der Waals surface area contributed by atoms with Crippen molar-refractivity contribution in [2.75, 3.05) is 19.6 Å². The zero-order valence-electron chi connectivity index (χ0n) is 15.1. The molecule has 9 heteroatoms. The maximum atomic E-state index is 13.2. The predicted molar refractivity (Wildman–Crippen MR) is 99.7 cm³/mol. The summed E-state index contributed by atoms with van der Waals surface area (Å²) < 4.78 is 34.0. The van der Waals surface area contributed by atoms with Crippen molar-refractivity contribution in [2.45, 2.75) is 29.9 Å². The van der Waals surface area contributed by atoms with Crippen molar-refractivity contribution in [1.29, 1.82) is 0 Å². The largest absolute Gasteiger partial charge is 0.365 e. The summed E-state index contributed by atoms with van der Waals surface area (Å²) in [5, 5.41) is -0.609. The number of amides is 1. The van der Waals surface area contributed by atoms with Crippen molar-refractivity contribution in [3.05, 3.63) is 60.2 Å². The third kappa shape index (κ3) is 2.73. The molecule has 0 radical (unpaired) electrons. The first-order chi connectivity index (χ1) is 13.5. The average Bonchev–Trinajstić information content (AvgIpc) is 3.08. The van der Waals surface area contributed by atoms with Gasteiger partial charge in [0.05, 0.1) is 12.6 Å². The fourth-order valence-corrected chi connectivity index (χ4v) is 6.91. The molecule has 5 rings (SSSR count). The van der Waals surface area contributed by atoms with Crippen LogP contribution in [0.5, 0.6) is 0 Å². The van der Waals surface area contributed by atoms with Gasteiger partial charge in [-0.25, -0.2) is 8.42 Å². The van der Waals surface area contributed by atoms with Crippen molar-refractivity contribution in [3.63, 3.8) is 0 Å². The van der Waals surface area contributed by atoms with Gasteiger partial charge in [-0.2, -0.15) is 4.31 Å². The summed E-state index contributed by atoms with van der Waals surface area (Å²) in [6.07, 6.45) is 6.65. The Balaban J connectivity index is 1.42. The Bertz CT molecular complexity index is 1000. The lowest BCUT2D eigenvalue weighted by atomic mass is 9.99. The summed E-state index contributed by atoms with van der Waals surface area (Å²) in [5.74, 6) is -0.110. The van der Waals surface area contributed by atoms with E-state index >= 15 is 0 Å². The molecule has 146 valence electrons. The fraction of sp³-hybridized carbons (Fsp3) is 0.421. The number of likely N-dealkylation sites (tertiary alicyclic amines) is 1. The third-order valence-corrected chi connectivity index (χ3v) is 8.15. The molecule has 8 nitrogen and oxygen atoms in total. The summed E-state index contributed by atoms with van der Waals surface area (Å²) in [6, 6.07) is 6.97. The second kappa shape index (κ2) is 6.33. The zero-order chi connectivity index (χ0) is 19.4. The first-order valence-electron chi connectivity index (χ1n) is 9.23. The number of ether oxygens (including phenoxy) is 1. The molecule has 28 heavy (non-hydrogen) atoms. The molecule has 3 atom stereocenters. The summed E-state index contributed by atoms with van der Waals surface area (Å²) >= 11 is 0. The highest BCUT2D eigenvalue weighted by Crippen LogP contribution is 2.47. The normalized spacial score (nSPS) is 30.9. The van der Waals surface area contributed by atoms with E-state index in [1.54, 1.807) is 41.8 Å². The van der Waals surface area contributed by atoms with Crippen LogP contribution in [0.1, 0.15) is 22.3 Å². The quantitative estimate of drug-likeness (QED) is 0.752. The number of hydrogen-bond acceptors (Lipinski definition) is 6. The molecular formula is C19H20N4O4S. The third-order valence-electron chi connectivity index (χ3n) is 5.83. The monoisotopic (exact) mass is 400 g/mol. The lowest BCUT2D eigenvalue weighted by molar-refractivity contribution is -0.0980. The van der Waals surface area contributed by atoms with Crippen LogP contribution < -0.4 is 0 Å². The molecule has 5 heterocycles. The molecule has 2 aromatic heterocycles. The van der Waals surface area contributed by atoms with Crippen LogP contribution in [0.25, 0.3) is 0 Å². The molecule has 2 aromatic rings. The van der Waals surface area contributed by atoms with Gasteiger partial charge in [0, 0.05) is 50.0 Å². The Kier molecular flexibility index (Phi) is 4.01. The van der Waals surface area contributed by atoms with Gasteiger partial charge in [0.1, 0.15) is 10.9 Å². The molecule has 2 bridgehead atoms. The Labute approximate surface area is 163 Å². The highest BCUT2D eigenvalue weighted by atomic mass is 32.2. The lowest BCUT2D eigenvalue weighted by Gasteiger charge is -2.39. The standard InChI is InChI=1S/C19H20N4O4S/c24-18(15-3-7-21-8-4-15)22-11-16-9-17-19(12-22,27-16)13-23(28(17,25)26)10-14-1-5-20-6-2-14/h1-8,16-17H,9-13H2/t16-,17+,19+/m1/s1. The van der Waals surface area contributed by atoms with Crippen molar-refractivity contribution in [3.8, 4) is 0 Å². The number of pyridine rings is 2.